The number of aliphatic hydroxyl groups excluding tert-OH is 1. The summed E-state index contributed by atoms with van der Waals surface area (Å²) in [6.45, 7) is 3.13. The third kappa shape index (κ3) is 7.79. The molecular weight excluding hydrogens is 576 g/mol. The number of nitrogens with two attached hydrogens (primary N) is 1. The molecule has 4 N–H and O–H groups in total. The second kappa shape index (κ2) is 14.4. The number of aliphatic carboxylic acids is 1. The number of primary amides is 1. The first kappa shape index (κ1) is 31.1. The van der Waals surface area contributed by atoms with Gasteiger partial charge in [0.15, 0.2) is 11.5 Å². The fourth-order valence-electron chi connectivity index (χ4n) is 4.86. The maximum absolute atomic E-state index is 11.6. The number of carboxylic acids is 1. The second-order valence-corrected chi connectivity index (χ2v) is 10.5. The van der Waals surface area contributed by atoms with E-state index in [-0.39, 0.29) is 13.2 Å². The van der Waals surface area contributed by atoms with E-state index in [0.29, 0.717) is 42.4 Å². The van der Waals surface area contributed by atoms with Crippen LogP contribution in [-0.4, -0.2) is 48.1 Å². The third-order valence-electron chi connectivity index (χ3n) is 7.40. The van der Waals surface area contributed by atoms with Crippen LogP contribution < -0.4 is 24.7 Å². The topological polar surface area (TPSA) is 150 Å². The van der Waals surface area contributed by atoms with Gasteiger partial charge < -0.3 is 34.9 Å². The molecule has 0 aliphatic carbocycles. The number of amides is 1. The van der Waals surface area contributed by atoms with Crippen LogP contribution in [0.15, 0.2) is 83.9 Å². The van der Waals surface area contributed by atoms with Crippen molar-refractivity contribution in [3.63, 3.8) is 0 Å². The molecule has 45 heavy (non-hydrogen) atoms. The molecule has 0 saturated carbocycles. The summed E-state index contributed by atoms with van der Waals surface area (Å²) in [6, 6.07) is 24.2. The van der Waals surface area contributed by atoms with Gasteiger partial charge in [-0.05, 0) is 71.1 Å². The lowest BCUT2D eigenvalue weighted by atomic mass is 9.96. The van der Waals surface area contributed by atoms with E-state index >= 15 is 0 Å². The Morgan fingerprint density at radius 2 is 1.73 bits per heavy atom. The minimum absolute atomic E-state index is 0.122. The lowest BCUT2D eigenvalue weighted by Crippen LogP contribution is -2.19. The molecule has 0 aromatic heterocycles. The summed E-state index contributed by atoms with van der Waals surface area (Å²) in [5, 5.41) is 18.5. The first-order valence-electron chi connectivity index (χ1n) is 14.4. The minimum Gasteiger partial charge on any atom is -0.489 e. The van der Waals surface area contributed by atoms with Gasteiger partial charge in [-0.1, -0.05) is 36.4 Å². The number of rotatable bonds is 13. The Morgan fingerprint density at radius 3 is 2.51 bits per heavy atom. The Bertz CT molecular complexity index is 1720. The molecule has 4 aromatic rings. The Hall–Kier alpha value is -5.35. The normalized spacial score (nSPS) is 12.9. The van der Waals surface area contributed by atoms with Crippen molar-refractivity contribution < 1.29 is 38.7 Å². The highest BCUT2D eigenvalue weighted by Gasteiger charge is 2.16. The molecule has 4 aromatic carbocycles. The fourth-order valence-corrected chi connectivity index (χ4v) is 4.86. The van der Waals surface area contributed by atoms with Gasteiger partial charge in [0.25, 0.3) is 0 Å². The number of hydrogen-bond acceptors (Lipinski definition) is 8. The van der Waals surface area contributed by atoms with Gasteiger partial charge in [-0.3, -0.25) is 14.6 Å². The Morgan fingerprint density at radius 1 is 0.933 bits per heavy atom. The van der Waals surface area contributed by atoms with Crippen molar-refractivity contribution in [2.45, 2.75) is 26.7 Å². The average molecular weight is 611 g/mol. The zero-order chi connectivity index (χ0) is 31.8. The van der Waals surface area contributed by atoms with Crippen LogP contribution in [0.1, 0.15) is 32.6 Å². The van der Waals surface area contributed by atoms with Crippen LogP contribution in [0.3, 0.4) is 0 Å². The van der Waals surface area contributed by atoms with Crippen LogP contribution in [0, 0.1) is 12.8 Å². The van der Waals surface area contributed by atoms with E-state index in [9.17, 15) is 19.8 Å². The van der Waals surface area contributed by atoms with E-state index < -0.39 is 24.4 Å². The van der Waals surface area contributed by atoms with Crippen molar-refractivity contribution in [3.8, 4) is 34.1 Å². The number of benzene rings is 4. The lowest BCUT2D eigenvalue weighted by molar-refractivity contribution is -0.140. The van der Waals surface area contributed by atoms with Gasteiger partial charge >= 0.3 is 5.97 Å². The van der Waals surface area contributed by atoms with E-state index in [2.05, 4.69) is 18.0 Å². The molecule has 10 nitrogen and oxygen atoms in total. The average Bonchev–Trinajstić information content (AvgIpc) is 3.05. The van der Waals surface area contributed by atoms with Crippen molar-refractivity contribution in [1.82, 2.24) is 0 Å². The van der Waals surface area contributed by atoms with E-state index in [4.69, 9.17) is 24.7 Å². The molecule has 1 aliphatic heterocycles. The zero-order valence-electron chi connectivity index (χ0n) is 24.8. The molecule has 0 saturated heterocycles. The molecule has 0 fully saturated rings. The van der Waals surface area contributed by atoms with Crippen LogP contribution in [0.5, 0.6) is 23.0 Å². The molecule has 5 rings (SSSR count). The Balaban J connectivity index is 1.35. The number of aliphatic hydroxyl groups is 1. The maximum atomic E-state index is 11.6. The maximum Gasteiger partial charge on any atom is 0.314 e. The fraction of sp³-hybridized carbons (Fsp3) is 0.229. The first-order valence-corrected chi connectivity index (χ1v) is 14.4. The molecule has 1 atom stereocenters. The van der Waals surface area contributed by atoms with Gasteiger partial charge in [-0.15, -0.1) is 0 Å². The van der Waals surface area contributed by atoms with Crippen molar-refractivity contribution in [1.29, 1.82) is 0 Å². The van der Waals surface area contributed by atoms with Gasteiger partial charge in [0.1, 0.15) is 43.8 Å². The summed E-state index contributed by atoms with van der Waals surface area (Å²) in [6.07, 6.45) is 1.21. The summed E-state index contributed by atoms with van der Waals surface area (Å²) in [7, 11) is 0. The van der Waals surface area contributed by atoms with Crippen LogP contribution >= 0.6 is 0 Å². The Labute approximate surface area is 260 Å². The molecule has 0 bridgehead atoms. The van der Waals surface area contributed by atoms with Gasteiger partial charge in [-0.25, -0.2) is 0 Å². The minimum atomic E-state index is -1.16. The largest absolute Gasteiger partial charge is 0.489 e. The predicted octanol–water partition coefficient (Wildman–Crippen LogP) is 4.95. The van der Waals surface area contributed by atoms with Crippen molar-refractivity contribution in [2.75, 3.05) is 19.8 Å². The highest BCUT2D eigenvalue weighted by molar-refractivity contribution is 5.92. The lowest BCUT2D eigenvalue weighted by Gasteiger charge is -2.20. The molecule has 1 aliphatic rings. The summed E-state index contributed by atoms with van der Waals surface area (Å²) >= 11 is 0. The Kier molecular flexibility index (Phi) is 9.96. The number of carbonyl (C=O) groups excluding carboxylic acids is 1. The number of carboxylic acid groups (broad SMARTS) is 1. The van der Waals surface area contributed by atoms with E-state index in [1.54, 1.807) is 36.4 Å². The van der Waals surface area contributed by atoms with Crippen molar-refractivity contribution in [2.24, 2.45) is 16.6 Å². The number of hydrogen-bond donors (Lipinski definition) is 3. The van der Waals surface area contributed by atoms with Crippen LogP contribution in [-0.2, 0) is 24.6 Å². The molecule has 0 spiro atoms. The number of aliphatic imine (C=N–C) groups is 1. The van der Waals surface area contributed by atoms with Gasteiger partial charge in [-0.2, -0.15) is 0 Å². The zero-order valence-corrected chi connectivity index (χ0v) is 24.8. The number of nitrogens with zero attached hydrogens (tertiary/aromatic N) is 1. The van der Waals surface area contributed by atoms with Gasteiger partial charge in [0, 0.05) is 23.4 Å². The monoisotopic (exact) mass is 610 g/mol. The number of ether oxygens (including phenoxy) is 4. The van der Waals surface area contributed by atoms with Crippen molar-refractivity contribution >= 4 is 18.1 Å². The van der Waals surface area contributed by atoms with Crippen LogP contribution in [0.4, 0.5) is 0 Å². The smallest absolute Gasteiger partial charge is 0.314 e. The van der Waals surface area contributed by atoms with Gasteiger partial charge in [0.05, 0.1) is 13.2 Å². The number of fused-ring (bicyclic) bond motifs is 1. The first-order chi connectivity index (χ1) is 21.8. The third-order valence-corrected chi connectivity index (χ3v) is 7.40. The highest BCUT2D eigenvalue weighted by Crippen LogP contribution is 2.36. The molecule has 232 valence electrons. The SMILES string of the molecule is Cc1c(COc2ccc(CN=CC(CO)C(=O)O)c(OCc3cccc(C(N)=O)c3)c2)cccc1-c1ccc2c(c1)OCCO2. The van der Waals surface area contributed by atoms with Gasteiger partial charge in [0.2, 0.25) is 5.91 Å². The molecular formula is C35H34N2O8. The quantitative estimate of drug-likeness (QED) is 0.180. The molecule has 0 radical (unpaired) electrons. The predicted molar refractivity (Wildman–Crippen MR) is 168 cm³/mol. The van der Waals surface area contributed by atoms with E-state index in [1.165, 1.54) is 6.21 Å². The highest BCUT2D eigenvalue weighted by atomic mass is 16.6. The molecule has 10 heteroatoms. The summed E-state index contributed by atoms with van der Waals surface area (Å²) in [5.74, 6) is -0.289. The second-order valence-electron chi connectivity index (χ2n) is 10.5. The van der Waals surface area contributed by atoms with Crippen LogP contribution in [0.25, 0.3) is 11.1 Å². The molecule has 1 unspecified atom stereocenters. The van der Waals surface area contributed by atoms with Crippen molar-refractivity contribution in [3.05, 3.63) is 107 Å². The summed E-state index contributed by atoms with van der Waals surface area (Å²) < 4.78 is 23.8. The molecule has 1 heterocycles. The molecule has 1 amide bonds. The van der Waals surface area contributed by atoms with Crippen LogP contribution in [0.2, 0.25) is 0 Å². The van der Waals surface area contributed by atoms with E-state index in [0.717, 1.165) is 39.3 Å². The summed E-state index contributed by atoms with van der Waals surface area (Å²) in [4.78, 5) is 27.1. The standard InChI is InChI=1S/C35H34N2O8/c1-22-27(6-3-7-30(22)24-9-11-31-33(15-24)43-13-12-42-31)21-44-29-10-8-26(17-37-18-28(19-38)35(40)41)32(16-29)45-20-23-4-2-5-25(14-23)34(36)39/h2-11,14-16,18,28,38H,12-13,17,19-21H2,1H3,(H2,36,39)(H,40,41). The van der Waals surface area contributed by atoms with E-state index in [1.807, 2.05) is 36.4 Å². The summed E-state index contributed by atoms with van der Waals surface area (Å²) in [5.41, 5.74) is 11.4. The number of carbonyl (C=O) groups is 2.